The summed E-state index contributed by atoms with van der Waals surface area (Å²) in [5.41, 5.74) is 3.91. The number of aliphatic imine (C=N–C) groups is 2. The third-order valence-electron chi connectivity index (χ3n) is 5.84. The molecular weight excluding hydrogens is 562 g/mol. The van der Waals surface area contributed by atoms with E-state index in [4.69, 9.17) is 28.1 Å². The van der Waals surface area contributed by atoms with Crippen LogP contribution in [-0.4, -0.2) is 78.6 Å². The van der Waals surface area contributed by atoms with Crippen molar-refractivity contribution < 1.29 is 27.2 Å². The van der Waals surface area contributed by atoms with E-state index in [1.54, 1.807) is 27.7 Å². The first-order chi connectivity index (χ1) is 19.5. The van der Waals surface area contributed by atoms with Crippen LogP contribution in [0.2, 0.25) is 0 Å². The van der Waals surface area contributed by atoms with Crippen LogP contribution in [0, 0.1) is 0 Å². The van der Waals surface area contributed by atoms with Crippen LogP contribution in [0.1, 0.15) is 45.2 Å². The zero-order chi connectivity index (χ0) is 30.5. The van der Waals surface area contributed by atoms with E-state index in [0.717, 1.165) is 11.4 Å². The van der Waals surface area contributed by atoms with Gasteiger partial charge in [0.2, 0.25) is 0 Å². The molecule has 0 saturated heterocycles. The van der Waals surface area contributed by atoms with Crippen molar-refractivity contribution >= 4 is 37.5 Å². The summed E-state index contributed by atoms with van der Waals surface area (Å²) >= 11 is 0. The van der Waals surface area contributed by atoms with E-state index in [-0.39, 0.29) is 37.3 Å². The molecule has 0 aliphatic carbocycles. The van der Waals surface area contributed by atoms with Gasteiger partial charge in [0.05, 0.1) is 26.4 Å². The van der Waals surface area contributed by atoms with Gasteiger partial charge in [-0.3, -0.25) is 19.1 Å². The molecule has 2 aromatic rings. The molecule has 0 N–H and O–H groups in total. The van der Waals surface area contributed by atoms with Crippen LogP contribution in [0.4, 0.5) is 11.4 Å². The minimum Gasteiger partial charge on any atom is -0.378 e. The van der Waals surface area contributed by atoms with Gasteiger partial charge >= 0.3 is 15.2 Å². The number of hydrogen-bond donors (Lipinski definition) is 0. The Morgan fingerprint density at radius 2 is 0.878 bits per heavy atom. The van der Waals surface area contributed by atoms with Gasteiger partial charge in [0, 0.05) is 63.8 Å². The summed E-state index contributed by atoms with van der Waals surface area (Å²) in [7, 11) is 0.517. The van der Waals surface area contributed by atoms with E-state index in [1.807, 2.05) is 86.5 Å². The highest BCUT2D eigenvalue weighted by Gasteiger charge is 2.34. The molecule has 0 fully saturated rings. The minimum atomic E-state index is -3.65. The quantitative estimate of drug-likeness (QED) is 0.102. The van der Waals surface area contributed by atoms with E-state index < -0.39 is 15.2 Å². The van der Waals surface area contributed by atoms with Crippen LogP contribution < -0.4 is 9.80 Å². The summed E-state index contributed by atoms with van der Waals surface area (Å²) in [6.07, 6.45) is 0.495. The number of rotatable bonds is 18. The molecule has 2 rings (SSSR count). The van der Waals surface area contributed by atoms with Gasteiger partial charge in [0.25, 0.3) is 0 Å². The highest BCUT2D eigenvalue weighted by molar-refractivity contribution is 7.73. The Kier molecular flexibility index (Phi) is 14.4. The molecule has 10 nitrogen and oxygen atoms in total. The topological polar surface area (TPSA) is 102 Å². The second-order valence-corrected chi connectivity index (χ2v) is 13.2. The van der Waals surface area contributed by atoms with E-state index in [9.17, 15) is 9.13 Å². The van der Waals surface area contributed by atoms with Gasteiger partial charge < -0.3 is 27.9 Å². The molecule has 0 aromatic heterocycles. The van der Waals surface area contributed by atoms with Crippen LogP contribution >= 0.6 is 15.2 Å². The van der Waals surface area contributed by atoms with E-state index in [0.29, 0.717) is 30.6 Å². The number of anilines is 2. The molecule has 0 amide bonds. The summed E-state index contributed by atoms with van der Waals surface area (Å²) in [4.78, 5) is 13.4. The van der Waals surface area contributed by atoms with Crippen LogP contribution in [0.15, 0.2) is 58.5 Å². The highest BCUT2D eigenvalue weighted by atomic mass is 31.2. The maximum absolute atomic E-state index is 13.8. The van der Waals surface area contributed by atoms with Gasteiger partial charge in [-0.1, -0.05) is 24.3 Å². The Labute approximate surface area is 245 Å². The van der Waals surface area contributed by atoms with Gasteiger partial charge in [-0.05, 0) is 58.4 Å². The number of nitrogens with zero attached hydrogens (tertiary/aromatic N) is 4. The lowest BCUT2D eigenvalue weighted by atomic mass is 10.2. The van der Waals surface area contributed by atoms with E-state index in [1.165, 1.54) is 0 Å². The Bertz CT molecular complexity index is 1120. The van der Waals surface area contributed by atoms with Crippen LogP contribution in [0.5, 0.6) is 0 Å². The van der Waals surface area contributed by atoms with Crippen LogP contribution in [-0.2, 0) is 27.2 Å². The van der Waals surface area contributed by atoms with Gasteiger partial charge in [-0.25, -0.2) is 0 Å². The zero-order valence-electron chi connectivity index (χ0n) is 25.7. The zero-order valence-corrected chi connectivity index (χ0v) is 27.5. The van der Waals surface area contributed by atoms with E-state index >= 15 is 0 Å². The van der Waals surface area contributed by atoms with Gasteiger partial charge in [-0.2, -0.15) is 0 Å². The van der Waals surface area contributed by atoms with Gasteiger partial charge in [-0.15, -0.1) is 0 Å². The third kappa shape index (κ3) is 9.88. The normalized spacial score (nSPS) is 13.0. The largest absolute Gasteiger partial charge is 0.379 e. The Balaban J connectivity index is 2.40. The molecule has 0 heterocycles. The Morgan fingerprint density at radius 3 is 1.12 bits per heavy atom. The average Bonchev–Trinajstić information content (AvgIpc) is 2.93. The molecule has 0 aliphatic heterocycles. The molecule has 0 atom stereocenters. The molecule has 0 saturated carbocycles. The molecule has 12 heteroatoms. The molecule has 0 aliphatic rings. The summed E-state index contributed by atoms with van der Waals surface area (Å²) < 4.78 is 50.0. The second kappa shape index (κ2) is 17.0. The van der Waals surface area contributed by atoms with Gasteiger partial charge in [0.1, 0.15) is 0 Å². The standard InChI is InChI=1S/C29H46N4O6P2/c1-9-36-40(34,37-10-2)28(24-14-18-26(19-15-24)32(5)6)30-22-13-23-31-29(41(35,38-11-3)39-12-4)25-16-20-27(21-17-25)33(7)8/h14-21H,9-13,22-23H2,1-8H3. The molecule has 2 aromatic carbocycles. The van der Waals surface area contributed by atoms with Gasteiger partial charge in [0.15, 0.2) is 10.9 Å². The number of hydrogen-bond acceptors (Lipinski definition) is 10. The monoisotopic (exact) mass is 608 g/mol. The van der Waals surface area contributed by atoms with Crippen molar-refractivity contribution in [3.63, 3.8) is 0 Å². The maximum atomic E-state index is 13.8. The van der Waals surface area contributed by atoms with E-state index in [2.05, 4.69) is 0 Å². The first-order valence-corrected chi connectivity index (χ1v) is 17.1. The fraction of sp³-hybridized carbons (Fsp3) is 0.517. The lowest BCUT2D eigenvalue weighted by molar-refractivity contribution is 0.231. The predicted molar refractivity (Wildman–Crippen MR) is 171 cm³/mol. The molecule has 0 spiro atoms. The first-order valence-electron chi connectivity index (χ1n) is 14.0. The van der Waals surface area contributed by atoms with Crippen molar-refractivity contribution in [2.75, 3.05) is 77.5 Å². The first kappa shape index (κ1) is 34.9. The molecule has 0 bridgehead atoms. The summed E-state index contributed by atoms with van der Waals surface area (Å²) in [6.45, 7) is 8.57. The fourth-order valence-electron chi connectivity index (χ4n) is 3.93. The molecule has 228 valence electrons. The lowest BCUT2D eigenvalue weighted by Crippen LogP contribution is -2.12. The molecular formula is C29H46N4O6P2. The Morgan fingerprint density at radius 1 is 0.585 bits per heavy atom. The second-order valence-electron chi connectivity index (χ2n) is 9.31. The van der Waals surface area contributed by atoms with Crippen LogP contribution in [0.25, 0.3) is 0 Å². The molecule has 0 radical (unpaired) electrons. The highest BCUT2D eigenvalue weighted by Crippen LogP contribution is 2.53. The van der Waals surface area contributed by atoms with Crippen molar-refractivity contribution in [2.24, 2.45) is 9.98 Å². The van der Waals surface area contributed by atoms with Crippen molar-refractivity contribution in [1.29, 1.82) is 0 Å². The van der Waals surface area contributed by atoms with Crippen molar-refractivity contribution in [3.8, 4) is 0 Å². The minimum absolute atomic E-state index is 0.219. The van der Waals surface area contributed by atoms with Crippen molar-refractivity contribution in [1.82, 2.24) is 0 Å². The SMILES string of the molecule is CCOP(=O)(OCC)C(=NCCCN=C(c1ccc(N(C)C)cc1)P(=O)(OCC)OCC)c1ccc(N(C)C)cc1. The summed E-state index contributed by atoms with van der Waals surface area (Å²) in [5, 5.41) is 0. The smallest absolute Gasteiger partial charge is 0.378 e. The lowest BCUT2D eigenvalue weighted by Gasteiger charge is -2.20. The summed E-state index contributed by atoms with van der Waals surface area (Å²) in [6, 6.07) is 15.2. The third-order valence-corrected chi connectivity index (χ3v) is 10.1. The predicted octanol–water partition coefficient (Wildman–Crippen LogP) is 6.93. The average molecular weight is 609 g/mol. The number of benzene rings is 2. The summed E-state index contributed by atoms with van der Waals surface area (Å²) in [5.74, 6) is 0. The molecule has 0 unspecified atom stereocenters. The Hall–Kier alpha value is -2.32. The fourth-order valence-corrected chi connectivity index (χ4v) is 7.40. The van der Waals surface area contributed by atoms with Crippen molar-refractivity contribution in [2.45, 2.75) is 34.1 Å². The molecule has 41 heavy (non-hydrogen) atoms. The van der Waals surface area contributed by atoms with Crippen LogP contribution in [0.3, 0.4) is 0 Å². The maximum Gasteiger partial charge on any atom is 0.379 e. The van der Waals surface area contributed by atoms with Crippen molar-refractivity contribution in [3.05, 3.63) is 59.7 Å².